The Labute approximate surface area is 179 Å². The third kappa shape index (κ3) is 4.66. The largest absolute Gasteiger partial charge is 0.373 e. The highest BCUT2D eigenvalue weighted by Crippen LogP contribution is 2.32. The first kappa shape index (κ1) is 22.0. The van der Waals surface area contributed by atoms with Gasteiger partial charge in [0, 0.05) is 64.2 Å². The minimum absolute atomic E-state index is 0.0580. The first-order valence-electron chi connectivity index (χ1n) is 11.2. The van der Waals surface area contributed by atoms with E-state index < -0.39 is 10.2 Å². The van der Waals surface area contributed by atoms with E-state index in [4.69, 9.17) is 4.74 Å². The van der Waals surface area contributed by atoms with Crippen molar-refractivity contribution in [2.45, 2.75) is 51.7 Å². The van der Waals surface area contributed by atoms with Gasteiger partial charge in [-0.15, -0.1) is 0 Å². The quantitative estimate of drug-likeness (QED) is 0.618. The van der Waals surface area contributed by atoms with Crippen LogP contribution in [0, 0.1) is 11.8 Å². The molecular weight excluding hydrogens is 408 g/mol. The summed E-state index contributed by atoms with van der Waals surface area (Å²) >= 11 is 0. The molecule has 4 aliphatic rings. The average Bonchev–Trinajstić information content (AvgIpc) is 3.58. The van der Waals surface area contributed by atoms with Crippen LogP contribution in [0.15, 0.2) is 0 Å². The Kier molecular flexibility index (Phi) is 6.39. The van der Waals surface area contributed by atoms with E-state index in [1.54, 1.807) is 4.90 Å². The molecule has 3 aliphatic heterocycles. The number of carbonyl (C=O) groups is 2. The van der Waals surface area contributed by atoms with E-state index in [9.17, 15) is 18.0 Å². The van der Waals surface area contributed by atoms with Crippen LogP contribution in [0.2, 0.25) is 0 Å². The minimum atomic E-state index is -3.54. The van der Waals surface area contributed by atoms with Gasteiger partial charge in [-0.3, -0.25) is 9.59 Å². The number of hydrogen-bond acceptors (Lipinski definition) is 5. The van der Waals surface area contributed by atoms with Gasteiger partial charge in [0.1, 0.15) is 0 Å². The lowest BCUT2D eigenvalue weighted by molar-refractivity contribution is -0.142. The maximum atomic E-state index is 13.0. The standard InChI is InChI=1S/C20H34N4O5S/c1-15-13-24(14-16(2)29-15)30(27,28)23-11-9-22(10-12-23)20(26)18-5-7-21(8-6-18)19(25)17-3-4-17/h15-18H,3-14H2,1-2H3. The zero-order valence-corrected chi connectivity index (χ0v) is 18.8. The van der Waals surface area contributed by atoms with Crippen LogP contribution in [0.1, 0.15) is 39.5 Å². The molecule has 2 atom stereocenters. The number of amides is 2. The molecule has 4 fully saturated rings. The molecular formula is C20H34N4O5S. The molecule has 0 aromatic heterocycles. The molecule has 2 unspecified atom stereocenters. The van der Waals surface area contributed by atoms with Gasteiger partial charge in [0.05, 0.1) is 12.2 Å². The van der Waals surface area contributed by atoms with E-state index in [1.165, 1.54) is 8.61 Å². The van der Waals surface area contributed by atoms with Gasteiger partial charge in [-0.2, -0.15) is 17.0 Å². The highest BCUT2D eigenvalue weighted by molar-refractivity contribution is 7.86. The van der Waals surface area contributed by atoms with Crippen molar-refractivity contribution in [2.75, 3.05) is 52.4 Å². The molecule has 30 heavy (non-hydrogen) atoms. The van der Waals surface area contributed by atoms with Gasteiger partial charge >= 0.3 is 0 Å². The smallest absolute Gasteiger partial charge is 0.282 e. The van der Waals surface area contributed by atoms with Crippen molar-refractivity contribution < 1.29 is 22.7 Å². The van der Waals surface area contributed by atoms with Crippen molar-refractivity contribution in [1.29, 1.82) is 0 Å². The zero-order valence-electron chi connectivity index (χ0n) is 18.0. The van der Waals surface area contributed by atoms with Crippen LogP contribution in [0.5, 0.6) is 0 Å². The molecule has 1 aliphatic carbocycles. The van der Waals surface area contributed by atoms with Crippen molar-refractivity contribution in [3.63, 3.8) is 0 Å². The fraction of sp³-hybridized carbons (Fsp3) is 0.900. The molecule has 0 bridgehead atoms. The fourth-order valence-corrected chi connectivity index (χ4v) is 6.56. The van der Waals surface area contributed by atoms with Gasteiger partial charge in [-0.1, -0.05) is 0 Å². The molecule has 9 nitrogen and oxygen atoms in total. The first-order chi connectivity index (χ1) is 14.3. The van der Waals surface area contributed by atoms with Crippen molar-refractivity contribution in [3.05, 3.63) is 0 Å². The lowest BCUT2D eigenvalue weighted by Gasteiger charge is -2.41. The van der Waals surface area contributed by atoms with Crippen LogP contribution in [0.3, 0.4) is 0 Å². The summed E-state index contributed by atoms with van der Waals surface area (Å²) in [6, 6.07) is 0. The van der Waals surface area contributed by atoms with E-state index in [1.807, 2.05) is 18.7 Å². The molecule has 4 rings (SSSR count). The van der Waals surface area contributed by atoms with Crippen LogP contribution < -0.4 is 0 Å². The van der Waals surface area contributed by atoms with Gasteiger partial charge in [0.15, 0.2) is 0 Å². The fourth-order valence-electron chi connectivity index (χ4n) is 4.82. The summed E-state index contributed by atoms with van der Waals surface area (Å²) < 4.78 is 34.7. The molecule has 2 amide bonds. The van der Waals surface area contributed by atoms with E-state index in [0.717, 1.165) is 12.8 Å². The molecule has 1 saturated carbocycles. The van der Waals surface area contributed by atoms with Crippen LogP contribution in [0.25, 0.3) is 0 Å². The topological polar surface area (TPSA) is 90.5 Å². The second kappa shape index (κ2) is 8.72. The summed E-state index contributed by atoms with van der Waals surface area (Å²) in [5, 5.41) is 0. The molecule has 0 radical (unpaired) electrons. The molecule has 0 spiro atoms. The molecule has 0 N–H and O–H groups in total. The number of carbonyl (C=O) groups excluding carboxylic acids is 2. The number of morpholine rings is 1. The predicted molar refractivity (Wildman–Crippen MR) is 111 cm³/mol. The lowest BCUT2D eigenvalue weighted by atomic mass is 9.94. The molecule has 170 valence electrons. The first-order valence-corrected chi connectivity index (χ1v) is 12.6. The Hall–Kier alpha value is -1.23. The number of piperidine rings is 1. The van der Waals surface area contributed by atoms with Gasteiger partial charge in [0.25, 0.3) is 10.2 Å². The van der Waals surface area contributed by atoms with Crippen LogP contribution in [-0.4, -0.2) is 103 Å². The maximum absolute atomic E-state index is 13.0. The Morgan fingerprint density at radius 3 is 1.67 bits per heavy atom. The molecule has 3 heterocycles. The van der Waals surface area contributed by atoms with E-state index >= 15 is 0 Å². The number of likely N-dealkylation sites (tertiary alicyclic amines) is 1. The summed E-state index contributed by atoms with van der Waals surface area (Å²) in [4.78, 5) is 28.9. The van der Waals surface area contributed by atoms with Crippen LogP contribution >= 0.6 is 0 Å². The highest BCUT2D eigenvalue weighted by Gasteiger charge is 2.39. The van der Waals surface area contributed by atoms with Gasteiger partial charge in [0.2, 0.25) is 11.8 Å². The second-order valence-electron chi connectivity index (χ2n) is 9.18. The van der Waals surface area contributed by atoms with Crippen LogP contribution in [-0.2, 0) is 24.5 Å². The maximum Gasteiger partial charge on any atom is 0.282 e. The van der Waals surface area contributed by atoms with Crippen LogP contribution in [0.4, 0.5) is 0 Å². The molecule has 10 heteroatoms. The Morgan fingerprint density at radius 2 is 1.17 bits per heavy atom. The normalized spacial score (nSPS) is 30.5. The number of ether oxygens (including phenoxy) is 1. The lowest BCUT2D eigenvalue weighted by Crippen LogP contribution is -2.58. The Bertz CT molecular complexity index is 745. The summed E-state index contributed by atoms with van der Waals surface area (Å²) in [6.45, 7) is 7.33. The second-order valence-corrected chi connectivity index (χ2v) is 11.1. The number of hydrogen-bond donors (Lipinski definition) is 0. The van der Waals surface area contributed by atoms with Gasteiger partial charge < -0.3 is 14.5 Å². The Morgan fingerprint density at radius 1 is 0.700 bits per heavy atom. The highest BCUT2D eigenvalue weighted by atomic mass is 32.2. The van der Waals surface area contributed by atoms with Crippen molar-refractivity contribution in [2.24, 2.45) is 11.8 Å². The minimum Gasteiger partial charge on any atom is -0.373 e. The number of piperazine rings is 1. The van der Waals surface area contributed by atoms with Crippen molar-refractivity contribution in [3.8, 4) is 0 Å². The summed E-state index contributed by atoms with van der Waals surface area (Å²) in [7, 11) is -3.54. The third-order valence-corrected chi connectivity index (χ3v) is 8.64. The van der Waals surface area contributed by atoms with Gasteiger partial charge in [-0.25, -0.2) is 0 Å². The van der Waals surface area contributed by atoms with Gasteiger partial charge in [-0.05, 0) is 39.5 Å². The summed E-state index contributed by atoms with van der Waals surface area (Å²) in [6.07, 6.45) is 3.19. The third-order valence-electron chi connectivity index (χ3n) is 6.67. The molecule has 3 saturated heterocycles. The molecule has 0 aromatic rings. The number of nitrogens with zero attached hydrogens (tertiary/aromatic N) is 4. The molecule has 0 aromatic carbocycles. The zero-order chi connectivity index (χ0) is 21.5. The van der Waals surface area contributed by atoms with Crippen molar-refractivity contribution in [1.82, 2.24) is 18.4 Å². The average molecular weight is 443 g/mol. The number of rotatable bonds is 4. The van der Waals surface area contributed by atoms with E-state index in [2.05, 4.69) is 0 Å². The monoisotopic (exact) mass is 442 g/mol. The van der Waals surface area contributed by atoms with E-state index in [-0.39, 0.29) is 35.9 Å². The summed E-state index contributed by atoms with van der Waals surface area (Å²) in [5.41, 5.74) is 0. The predicted octanol–water partition coefficient (Wildman–Crippen LogP) is 0.133. The Balaban J connectivity index is 1.27. The van der Waals surface area contributed by atoms with Crippen molar-refractivity contribution >= 4 is 22.0 Å². The van der Waals surface area contributed by atoms with E-state index in [0.29, 0.717) is 65.2 Å². The SMILES string of the molecule is CC1CN(S(=O)(=O)N2CCN(C(=O)C3CCN(C(=O)C4CC4)CC3)CC2)CC(C)O1. The summed E-state index contributed by atoms with van der Waals surface area (Å²) in [5.74, 6) is 0.535.